The van der Waals surface area contributed by atoms with Crippen LogP contribution < -0.4 is 20.7 Å². The van der Waals surface area contributed by atoms with Crippen LogP contribution in [0.3, 0.4) is 0 Å². The van der Waals surface area contributed by atoms with E-state index in [1.807, 2.05) is 19.9 Å². The normalized spacial score (nSPS) is 10.0. The molecule has 2 aromatic carbocycles. The van der Waals surface area contributed by atoms with Crippen molar-refractivity contribution in [1.29, 1.82) is 0 Å². The van der Waals surface area contributed by atoms with Crippen LogP contribution in [0.1, 0.15) is 24.2 Å². The number of amides is 2. The van der Waals surface area contributed by atoms with Crippen molar-refractivity contribution in [1.82, 2.24) is 5.32 Å². The van der Waals surface area contributed by atoms with Crippen molar-refractivity contribution < 1.29 is 14.3 Å². The third kappa shape index (κ3) is 6.86. The molecule has 0 saturated carbocycles. The Morgan fingerprint density at radius 1 is 1.07 bits per heavy atom. The van der Waals surface area contributed by atoms with Gasteiger partial charge in [-0.3, -0.25) is 9.59 Å². The van der Waals surface area contributed by atoms with Gasteiger partial charge < -0.3 is 20.7 Å². The molecule has 3 N–H and O–H groups in total. The molecule has 0 aliphatic rings. The van der Waals surface area contributed by atoms with Crippen LogP contribution in [0, 0.1) is 0 Å². The highest BCUT2D eigenvalue weighted by Gasteiger charge is 2.06. The lowest BCUT2D eigenvalue weighted by atomic mass is 10.2. The summed E-state index contributed by atoms with van der Waals surface area (Å²) in [7, 11) is 0. The largest absolute Gasteiger partial charge is 0.489 e. The van der Waals surface area contributed by atoms with Gasteiger partial charge in [0.15, 0.2) is 0 Å². The third-order valence-corrected chi connectivity index (χ3v) is 3.54. The summed E-state index contributed by atoms with van der Waals surface area (Å²) in [5, 5.41) is 8.57. The molecule has 6 heteroatoms. The number of benzene rings is 2. The Hall–Kier alpha value is -3.28. The van der Waals surface area contributed by atoms with Crippen LogP contribution in [0.2, 0.25) is 0 Å². The average molecular weight is 367 g/mol. The fraction of sp³-hybridized carbons (Fsp3) is 0.238. The monoisotopic (exact) mass is 367 g/mol. The molecule has 2 rings (SSSR count). The summed E-state index contributed by atoms with van der Waals surface area (Å²) < 4.78 is 5.52. The van der Waals surface area contributed by atoms with Crippen molar-refractivity contribution in [3.63, 3.8) is 0 Å². The van der Waals surface area contributed by atoms with Gasteiger partial charge in [0, 0.05) is 23.5 Å². The summed E-state index contributed by atoms with van der Waals surface area (Å²) >= 11 is 0. The van der Waals surface area contributed by atoms with E-state index < -0.39 is 0 Å². The minimum absolute atomic E-state index is 0.0900. The first-order chi connectivity index (χ1) is 13.0. The van der Waals surface area contributed by atoms with Crippen LogP contribution in [0.4, 0.5) is 11.4 Å². The smallest absolute Gasteiger partial charge is 0.251 e. The zero-order valence-corrected chi connectivity index (χ0v) is 15.7. The molecular weight excluding hydrogens is 342 g/mol. The van der Waals surface area contributed by atoms with Gasteiger partial charge in [-0.2, -0.15) is 0 Å². The van der Waals surface area contributed by atoms with Crippen LogP contribution in [0.15, 0.2) is 60.7 Å². The van der Waals surface area contributed by atoms with Gasteiger partial charge in [-0.05, 0) is 61.9 Å². The molecule has 0 saturated heterocycles. The van der Waals surface area contributed by atoms with Gasteiger partial charge in [-0.15, -0.1) is 0 Å². The number of nitrogens with one attached hydrogen (secondary N) is 3. The summed E-state index contributed by atoms with van der Waals surface area (Å²) in [6.45, 7) is 8.67. The summed E-state index contributed by atoms with van der Waals surface area (Å²) in [4.78, 5) is 24.0. The van der Waals surface area contributed by atoms with Crippen LogP contribution in [-0.2, 0) is 4.79 Å². The summed E-state index contributed by atoms with van der Waals surface area (Å²) in [6.07, 6.45) is 0. The number of rotatable bonds is 9. The second-order valence-electron chi connectivity index (χ2n) is 6.11. The number of hydrogen-bond acceptors (Lipinski definition) is 4. The molecule has 0 radical (unpaired) electrons. The van der Waals surface area contributed by atoms with E-state index in [1.54, 1.807) is 42.5 Å². The number of hydrogen-bond donors (Lipinski definition) is 3. The highest BCUT2D eigenvalue weighted by atomic mass is 16.5. The van der Waals surface area contributed by atoms with Crippen molar-refractivity contribution in [3.05, 3.63) is 66.2 Å². The quantitative estimate of drug-likeness (QED) is 0.593. The fourth-order valence-electron chi connectivity index (χ4n) is 2.26. The maximum atomic E-state index is 12.1. The molecule has 6 nitrogen and oxygen atoms in total. The Kier molecular flexibility index (Phi) is 7.43. The molecular formula is C21H25N3O3. The molecule has 0 bridgehead atoms. The summed E-state index contributed by atoms with van der Waals surface area (Å²) in [6, 6.07) is 14.2. The molecule has 2 aromatic rings. The van der Waals surface area contributed by atoms with E-state index in [0.717, 1.165) is 11.3 Å². The SMILES string of the molecule is C=C(C)COc1ccc(NC(=O)CNc2cccc(C(=O)NCC)c2)cc1. The maximum absolute atomic E-state index is 12.1. The van der Waals surface area contributed by atoms with Crippen molar-refractivity contribution in [2.45, 2.75) is 13.8 Å². The van der Waals surface area contributed by atoms with Crippen molar-refractivity contribution in [2.24, 2.45) is 0 Å². The lowest BCUT2D eigenvalue weighted by Crippen LogP contribution is -2.23. The van der Waals surface area contributed by atoms with Crippen LogP contribution in [0.25, 0.3) is 0 Å². The number of anilines is 2. The van der Waals surface area contributed by atoms with E-state index >= 15 is 0 Å². The molecule has 142 valence electrons. The Morgan fingerprint density at radius 2 is 1.81 bits per heavy atom. The van der Waals surface area contributed by atoms with Gasteiger partial charge in [0.2, 0.25) is 5.91 Å². The van der Waals surface area contributed by atoms with Gasteiger partial charge in [0.25, 0.3) is 5.91 Å². The standard InChI is InChI=1S/C21H25N3O3/c1-4-22-21(26)16-6-5-7-18(12-16)23-13-20(25)24-17-8-10-19(11-9-17)27-14-15(2)3/h5-12,23H,2,4,13-14H2,1,3H3,(H,22,26)(H,24,25). The van der Waals surface area contributed by atoms with Crippen LogP contribution in [0.5, 0.6) is 5.75 Å². The molecule has 0 heterocycles. The predicted octanol–water partition coefficient (Wildman–Crippen LogP) is 3.44. The molecule has 0 spiro atoms. The first-order valence-corrected chi connectivity index (χ1v) is 8.77. The number of carbonyl (C=O) groups is 2. The Balaban J connectivity index is 1.85. The zero-order chi connectivity index (χ0) is 19.6. The topological polar surface area (TPSA) is 79.5 Å². The molecule has 0 atom stereocenters. The number of ether oxygens (including phenoxy) is 1. The Labute approximate surface area is 159 Å². The molecule has 27 heavy (non-hydrogen) atoms. The highest BCUT2D eigenvalue weighted by molar-refractivity contribution is 5.96. The van der Waals surface area contributed by atoms with Crippen LogP contribution >= 0.6 is 0 Å². The first-order valence-electron chi connectivity index (χ1n) is 8.77. The molecule has 0 aliphatic carbocycles. The van der Waals surface area contributed by atoms with Crippen LogP contribution in [-0.4, -0.2) is 31.5 Å². The van der Waals surface area contributed by atoms with E-state index in [1.165, 1.54) is 0 Å². The van der Waals surface area contributed by atoms with E-state index in [0.29, 0.717) is 30.1 Å². The van der Waals surface area contributed by atoms with Crippen molar-refractivity contribution in [3.8, 4) is 5.75 Å². The lowest BCUT2D eigenvalue weighted by molar-refractivity contribution is -0.114. The Bertz CT molecular complexity index is 801. The predicted molar refractivity (Wildman–Crippen MR) is 108 cm³/mol. The van der Waals surface area contributed by atoms with E-state index in [2.05, 4.69) is 22.5 Å². The number of carbonyl (C=O) groups excluding carboxylic acids is 2. The van der Waals surface area contributed by atoms with Gasteiger partial charge in [-0.1, -0.05) is 12.6 Å². The third-order valence-electron chi connectivity index (χ3n) is 3.54. The summed E-state index contributed by atoms with van der Waals surface area (Å²) in [5.41, 5.74) is 2.88. The summed E-state index contributed by atoms with van der Waals surface area (Å²) in [5.74, 6) is 0.393. The van der Waals surface area contributed by atoms with Gasteiger partial charge >= 0.3 is 0 Å². The second-order valence-corrected chi connectivity index (χ2v) is 6.11. The van der Waals surface area contributed by atoms with Gasteiger partial charge in [0.1, 0.15) is 12.4 Å². The highest BCUT2D eigenvalue weighted by Crippen LogP contribution is 2.16. The minimum atomic E-state index is -0.186. The molecule has 2 amide bonds. The molecule has 0 aromatic heterocycles. The lowest BCUT2D eigenvalue weighted by Gasteiger charge is -2.10. The Morgan fingerprint density at radius 3 is 2.48 bits per heavy atom. The zero-order valence-electron chi connectivity index (χ0n) is 15.7. The van der Waals surface area contributed by atoms with Crippen molar-refractivity contribution >= 4 is 23.2 Å². The molecule has 0 aliphatic heterocycles. The maximum Gasteiger partial charge on any atom is 0.251 e. The fourth-order valence-corrected chi connectivity index (χ4v) is 2.26. The minimum Gasteiger partial charge on any atom is -0.489 e. The van der Waals surface area contributed by atoms with E-state index in [-0.39, 0.29) is 18.4 Å². The van der Waals surface area contributed by atoms with E-state index in [9.17, 15) is 9.59 Å². The second kappa shape index (κ2) is 10.0. The first kappa shape index (κ1) is 20.0. The van der Waals surface area contributed by atoms with Gasteiger partial charge in [-0.25, -0.2) is 0 Å². The molecule has 0 unspecified atom stereocenters. The van der Waals surface area contributed by atoms with Gasteiger partial charge in [0.05, 0.1) is 6.54 Å². The molecule has 0 fully saturated rings. The van der Waals surface area contributed by atoms with E-state index in [4.69, 9.17) is 4.74 Å². The van der Waals surface area contributed by atoms with Crippen molar-refractivity contribution in [2.75, 3.05) is 30.3 Å². The average Bonchev–Trinajstić information content (AvgIpc) is 2.66.